The first-order valence-corrected chi connectivity index (χ1v) is 23.7. The van der Waals surface area contributed by atoms with E-state index in [9.17, 15) is 14.4 Å². The molecule has 54 heavy (non-hydrogen) atoms. The van der Waals surface area contributed by atoms with Crippen molar-refractivity contribution in [1.29, 1.82) is 0 Å². The lowest BCUT2D eigenvalue weighted by molar-refractivity contribution is -0.167. The first-order chi connectivity index (χ1) is 26.5. The Morgan fingerprint density at radius 2 is 0.611 bits per heavy atom. The van der Waals surface area contributed by atoms with Crippen molar-refractivity contribution in [3.05, 3.63) is 12.2 Å². The first kappa shape index (κ1) is 52.2. The zero-order valence-corrected chi connectivity index (χ0v) is 36.3. The number of ether oxygens (including phenoxy) is 3. The average Bonchev–Trinajstić information content (AvgIpc) is 3.17. The summed E-state index contributed by atoms with van der Waals surface area (Å²) in [7, 11) is 0. The molecule has 318 valence electrons. The van der Waals surface area contributed by atoms with Crippen LogP contribution in [-0.2, 0) is 28.6 Å². The SMILES string of the molecule is CCCCCC/C=C\CCCCCCCCCC(=O)OCC(COC(=O)CCCCCCCCCCC)OC(=O)CCCCCCCCCCCCCC. The maximum atomic E-state index is 12.7. The molecular weight excluding hydrogens is 673 g/mol. The Morgan fingerprint density at radius 3 is 0.944 bits per heavy atom. The van der Waals surface area contributed by atoms with Gasteiger partial charge in [0.05, 0.1) is 0 Å². The number of hydrogen-bond acceptors (Lipinski definition) is 6. The molecule has 6 heteroatoms. The van der Waals surface area contributed by atoms with Crippen molar-refractivity contribution in [1.82, 2.24) is 0 Å². The van der Waals surface area contributed by atoms with Crippen LogP contribution >= 0.6 is 0 Å². The Kier molecular flexibility index (Phi) is 42.4. The molecule has 0 heterocycles. The van der Waals surface area contributed by atoms with Crippen molar-refractivity contribution in [3.8, 4) is 0 Å². The van der Waals surface area contributed by atoms with E-state index < -0.39 is 6.10 Å². The molecule has 0 saturated carbocycles. The Bertz CT molecular complexity index is 839. The molecule has 0 radical (unpaired) electrons. The lowest BCUT2D eigenvalue weighted by Crippen LogP contribution is -2.30. The van der Waals surface area contributed by atoms with Gasteiger partial charge in [-0.25, -0.2) is 0 Å². The number of allylic oxidation sites excluding steroid dienone is 2. The highest BCUT2D eigenvalue weighted by Crippen LogP contribution is 2.15. The van der Waals surface area contributed by atoms with Gasteiger partial charge in [0, 0.05) is 19.3 Å². The van der Waals surface area contributed by atoms with E-state index in [1.807, 2.05) is 0 Å². The third kappa shape index (κ3) is 41.3. The summed E-state index contributed by atoms with van der Waals surface area (Å²) in [5, 5.41) is 0. The Hall–Kier alpha value is -1.85. The maximum absolute atomic E-state index is 12.7. The fourth-order valence-electron chi connectivity index (χ4n) is 6.91. The second-order valence-corrected chi connectivity index (χ2v) is 16.0. The molecular formula is C48H90O6. The lowest BCUT2D eigenvalue weighted by Gasteiger charge is -2.18. The summed E-state index contributed by atoms with van der Waals surface area (Å²) < 4.78 is 16.7. The Balaban J connectivity index is 4.31. The van der Waals surface area contributed by atoms with Crippen LogP contribution in [0.5, 0.6) is 0 Å². The van der Waals surface area contributed by atoms with Gasteiger partial charge in [0.1, 0.15) is 13.2 Å². The molecule has 0 saturated heterocycles. The van der Waals surface area contributed by atoms with Crippen LogP contribution in [0.1, 0.15) is 258 Å². The summed E-state index contributed by atoms with van der Waals surface area (Å²) in [6.45, 7) is 6.61. The fourth-order valence-corrected chi connectivity index (χ4v) is 6.91. The number of carbonyl (C=O) groups excluding carboxylic acids is 3. The van der Waals surface area contributed by atoms with Gasteiger partial charge in [-0.2, -0.15) is 0 Å². The van der Waals surface area contributed by atoms with E-state index in [1.165, 1.54) is 161 Å². The molecule has 0 amide bonds. The van der Waals surface area contributed by atoms with Crippen molar-refractivity contribution in [2.45, 2.75) is 264 Å². The third-order valence-corrected chi connectivity index (χ3v) is 10.5. The van der Waals surface area contributed by atoms with E-state index in [2.05, 4.69) is 32.9 Å². The summed E-state index contributed by atoms with van der Waals surface area (Å²) in [6.07, 6.45) is 46.2. The standard InChI is InChI=1S/C48H90O6/c1-4-7-10-13-16-19-21-23-24-25-27-29-32-35-38-41-47(50)53-44-45(43-52-46(49)40-37-34-31-28-18-15-12-9-6-3)54-48(51)42-39-36-33-30-26-22-20-17-14-11-8-5-2/h19,21,45H,4-18,20,22-44H2,1-3H3/b21-19-. The Labute approximate surface area is 335 Å². The minimum Gasteiger partial charge on any atom is -0.462 e. The molecule has 0 aliphatic heterocycles. The summed E-state index contributed by atoms with van der Waals surface area (Å²) in [5.41, 5.74) is 0. The van der Waals surface area contributed by atoms with E-state index in [1.54, 1.807) is 0 Å². The van der Waals surface area contributed by atoms with Gasteiger partial charge >= 0.3 is 17.9 Å². The van der Waals surface area contributed by atoms with E-state index >= 15 is 0 Å². The quantitative estimate of drug-likeness (QED) is 0.0266. The summed E-state index contributed by atoms with van der Waals surface area (Å²) in [5.74, 6) is -0.864. The average molecular weight is 763 g/mol. The number of hydrogen-bond donors (Lipinski definition) is 0. The van der Waals surface area contributed by atoms with Crippen LogP contribution in [-0.4, -0.2) is 37.2 Å². The van der Waals surface area contributed by atoms with Gasteiger partial charge in [-0.1, -0.05) is 206 Å². The summed E-state index contributed by atoms with van der Waals surface area (Å²) >= 11 is 0. The molecule has 1 atom stereocenters. The van der Waals surface area contributed by atoms with Crippen LogP contribution in [0.4, 0.5) is 0 Å². The van der Waals surface area contributed by atoms with Crippen LogP contribution in [0.2, 0.25) is 0 Å². The van der Waals surface area contributed by atoms with Crippen molar-refractivity contribution >= 4 is 17.9 Å². The van der Waals surface area contributed by atoms with Crippen LogP contribution in [0.25, 0.3) is 0 Å². The molecule has 0 N–H and O–H groups in total. The van der Waals surface area contributed by atoms with Crippen molar-refractivity contribution in [2.24, 2.45) is 0 Å². The normalized spacial score (nSPS) is 12.0. The molecule has 0 aromatic rings. The van der Waals surface area contributed by atoms with Crippen molar-refractivity contribution in [2.75, 3.05) is 13.2 Å². The predicted molar refractivity (Wildman–Crippen MR) is 229 cm³/mol. The zero-order valence-electron chi connectivity index (χ0n) is 36.3. The number of unbranched alkanes of at least 4 members (excludes halogenated alkanes) is 30. The highest BCUT2D eigenvalue weighted by Gasteiger charge is 2.19. The molecule has 0 aliphatic carbocycles. The number of rotatable bonds is 43. The summed E-state index contributed by atoms with van der Waals surface area (Å²) in [6, 6.07) is 0. The zero-order chi connectivity index (χ0) is 39.4. The molecule has 0 spiro atoms. The van der Waals surface area contributed by atoms with Gasteiger partial charge in [0.25, 0.3) is 0 Å². The second-order valence-electron chi connectivity index (χ2n) is 16.0. The lowest BCUT2D eigenvalue weighted by atomic mass is 10.0. The number of carbonyl (C=O) groups is 3. The van der Waals surface area contributed by atoms with Crippen LogP contribution in [0.3, 0.4) is 0 Å². The number of esters is 3. The summed E-state index contributed by atoms with van der Waals surface area (Å²) in [4.78, 5) is 37.7. The highest BCUT2D eigenvalue weighted by atomic mass is 16.6. The van der Waals surface area contributed by atoms with E-state index in [4.69, 9.17) is 14.2 Å². The van der Waals surface area contributed by atoms with E-state index in [0.29, 0.717) is 19.3 Å². The first-order valence-electron chi connectivity index (χ1n) is 23.7. The maximum Gasteiger partial charge on any atom is 0.306 e. The van der Waals surface area contributed by atoms with E-state index in [0.717, 1.165) is 57.8 Å². The van der Waals surface area contributed by atoms with Gasteiger partial charge in [0.15, 0.2) is 6.10 Å². The van der Waals surface area contributed by atoms with Gasteiger partial charge in [-0.05, 0) is 44.9 Å². The van der Waals surface area contributed by atoms with Gasteiger partial charge in [-0.3, -0.25) is 14.4 Å². The smallest absolute Gasteiger partial charge is 0.306 e. The van der Waals surface area contributed by atoms with Crippen LogP contribution in [0.15, 0.2) is 12.2 Å². The van der Waals surface area contributed by atoms with Crippen LogP contribution < -0.4 is 0 Å². The minimum atomic E-state index is -0.762. The van der Waals surface area contributed by atoms with Gasteiger partial charge < -0.3 is 14.2 Å². The van der Waals surface area contributed by atoms with Crippen molar-refractivity contribution < 1.29 is 28.6 Å². The molecule has 6 nitrogen and oxygen atoms in total. The monoisotopic (exact) mass is 763 g/mol. The second kappa shape index (κ2) is 43.9. The molecule has 0 aliphatic rings. The van der Waals surface area contributed by atoms with Crippen molar-refractivity contribution in [3.63, 3.8) is 0 Å². The molecule has 0 bridgehead atoms. The molecule has 0 fully saturated rings. The minimum absolute atomic E-state index is 0.0670. The van der Waals surface area contributed by atoms with E-state index in [-0.39, 0.29) is 31.1 Å². The topological polar surface area (TPSA) is 78.9 Å². The van der Waals surface area contributed by atoms with Gasteiger partial charge in [-0.15, -0.1) is 0 Å². The third-order valence-electron chi connectivity index (χ3n) is 10.5. The molecule has 0 aromatic heterocycles. The molecule has 0 aromatic carbocycles. The molecule has 1 unspecified atom stereocenters. The largest absolute Gasteiger partial charge is 0.462 e. The highest BCUT2D eigenvalue weighted by molar-refractivity contribution is 5.71. The predicted octanol–water partition coefficient (Wildman–Crippen LogP) is 15.0. The fraction of sp³-hybridized carbons (Fsp3) is 0.896. The molecule has 0 rings (SSSR count). The van der Waals surface area contributed by atoms with Crippen LogP contribution in [0, 0.1) is 0 Å². The van der Waals surface area contributed by atoms with Gasteiger partial charge in [0.2, 0.25) is 0 Å². The Morgan fingerprint density at radius 1 is 0.352 bits per heavy atom.